The SMILES string of the molecule is CN1C(=O)[C@@H]2[C@@H](CC=C3C=CC(=O)C[C@@H]32)C1=O.N.N.N.N.N.O=S(=O)([O-])C(F)(F)F.O=S(=O)([O-])C(F)(F)F.[Os+2]. The zero-order valence-electron chi connectivity index (χ0n) is 20.0. The molecule has 0 aromatic heterocycles. The normalized spacial score (nSPS) is 21.4. The first-order chi connectivity index (χ1) is 14.6. The van der Waals surface area contributed by atoms with E-state index in [9.17, 15) is 40.7 Å². The average molecular weight is 805 g/mol. The van der Waals surface area contributed by atoms with E-state index in [1.807, 2.05) is 6.08 Å². The molecule has 15 nitrogen and oxygen atoms in total. The molecule has 15 N–H and O–H groups in total. The maximum atomic E-state index is 12.1. The number of imide groups is 1. The fourth-order valence-corrected chi connectivity index (χ4v) is 3.14. The molecule has 24 heteroatoms. The van der Waals surface area contributed by atoms with Gasteiger partial charge in [0.25, 0.3) is 0 Å². The number of alkyl halides is 6. The number of ketones is 1. The van der Waals surface area contributed by atoms with Crippen LogP contribution in [0, 0.1) is 17.8 Å². The molecule has 1 saturated heterocycles. The van der Waals surface area contributed by atoms with E-state index in [0.29, 0.717) is 12.8 Å². The molecular formula is C15H28F6N6O9OsS2. The second kappa shape index (κ2) is 17.1. The Bertz CT molecular complexity index is 1070. The van der Waals surface area contributed by atoms with Gasteiger partial charge < -0.3 is 39.9 Å². The minimum Gasteiger partial charge on any atom is -0.741 e. The number of halogens is 6. The summed E-state index contributed by atoms with van der Waals surface area (Å²) in [5.41, 5.74) is -10.2. The molecule has 2 amide bonds. The number of allylic oxidation sites excluding steroid dienone is 4. The molecule has 0 saturated carbocycles. The van der Waals surface area contributed by atoms with Crippen LogP contribution in [0.4, 0.5) is 26.3 Å². The molecule has 0 spiro atoms. The molecule has 3 atom stereocenters. The Hall–Kier alpha value is -1.87. The number of hydrogen-bond donors (Lipinski definition) is 5. The largest absolute Gasteiger partial charge is 2.00 e. The standard InChI is InChI=1S/C13H13NO3.2CHF3O3S.5H3N.Os/c1-14-12(16)9-5-3-7-2-4-8(15)6-10(7)11(9)13(14)17;2*2-1(3,4)8(5,6)7;;;;;;/h2-4,9-11H,5-6H2,1H3;2*(H,5,6,7);5*1H3;/q;;;;;;;;+2/p-2/t9-,10+,11-;;;;;;;;/m1......../s1. The van der Waals surface area contributed by atoms with Crippen molar-refractivity contribution in [2.45, 2.75) is 23.9 Å². The third kappa shape index (κ3) is 12.5. The molecule has 3 aliphatic rings. The summed E-state index contributed by atoms with van der Waals surface area (Å²) in [5, 5.41) is 0. The topological polar surface area (TPSA) is 344 Å². The predicted octanol–water partition coefficient (Wildman–Crippen LogP) is 1.60. The van der Waals surface area contributed by atoms with Crippen LogP contribution in [0.25, 0.3) is 0 Å². The second-order valence-electron chi connectivity index (χ2n) is 6.72. The van der Waals surface area contributed by atoms with Gasteiger partial charge in [-0.15, -0.1) is 0 Å². The summed E-state index contributed by atoms with van der Waals surface area (Å²) in [6, 6.07) is 0. The van der Waals surface area contributed by atoms with Crippen LogP contribution in [0.2, 0.25) is 0 Å². The minimum absolute atomic E-state index is 0. The molecule has 0 aromatic carbocycles. The van der Waals surface area contributed by atoms with Crippen molar-refractivity contribution in [3.63, 3.8) is 0 Å². The van der Waals surface area contributed by atoms with Gasteiger partial charge in [-0.25, -0.2) is 16.8 Å². The first-order valence-corrected chi connectivity index (χ1v) is 11.2. The number of carbonyl (C=O) groups excluding carboxylic acids is 3. The van der Waals surface area contributed by atoms with Gasteiger partial charge in [0, 0.05) is 19.4 Å². The monoisotopic (exact) mass is 806 g/mol. The van der Waals surface area contributed by atoms with Gasteiger partial charge in [-0.2, -0.15) is 26.3 Å². The number of hydrogen-bond acceptors (Lipinski definition) is 14. The van der Waals surface area contributed by atoms with Crippen LogP contribution >= 0.6 is 0 Å². The van der Waals surface area contributed by atoms with Crippen LogP contribution < -0.4 is 30.8 Å². The summed E-state index contributed by atoms with van der Waals surface area (Å²) < 4.78 is 118. The molecule has 1 heterocycles. The van der Waals surface area contributed by atoms with Crippen LogP contribution in [0.15, 0.2) is 23.8 Å². The van der Waals surface area contributed by atoms with Crippen molar-refractivity contribution in [1.82, 2.24) is 35.7 Å². The van der Waals surface area contributed by atoms with Gasteiger partial charge >= 0.3 is 30.8 Å². The summed E-state index contributed by atoms with van der Waals surface area (Å²) >= 11 is 0. The van der Waals surface area contributed by atoms with Gasteiger partial charge in [-0.05, 0) is 18.1 Å². The minimum atomic E-state index is -6.09. The molecule has 0 unspecified atom stereocenters. The van der Waals surface area contributed by atoms with Gasteiger partial charge in [0.05, 0.1) is 11.8 Å². The summed E-state index contributed by atoms with van der Waals surface area (Å²) in [5.74, 6) is -0.840. The Morgan fingerprint density at radius 3 is 1.46 bits per heavy atom. The van der Waals surface area contributed by atoms with E-state index < -0.39 is 31.3 Å². The fraction of sp³-hybridized carbons (Fsp3) is 0.533. The van der Waals surface area contributed by atoms with Gasteiger partial charge in [0.15, 0.2) is 26.0 Å². The second-order valence-corrected chi connectivity index (χ2v) is 9.46. The smallest absolute Gasteiger partial charge is 0.741 e. The maximum Gasteiger partial charge on any atom is 2.00 e. The molecular weight excluding hydrogens is 777 g/mol. The zero-order valence-corrected chi connectivity index (χ0v) is 24.1. The Morgan fingerprint density at radius 1 is 0.769 bits per heavy atom. The van der Waals surface area contributed by atoms with E-state index in [4.69, 9.17) is 25.9 Å². The number of nitrogens with zero attached hydrogens (tertiary/aromatic N) is 1. The molecule has 234 valence electrons. The van der Waals surface area contributed by atoms with Crippen LogP contribution in [0.1, 0.15) is 12.8 Å². The zero-order chi connectivity index (χ0) is 26.2. The molecule has 1 aliphatic heterocycles. The quantitative estimate of drug-likeness (QED) is 0.101. The number of amides is 2. The van der Waals surface area contributed by atoms with Crippen molar-refractivity contribution >= 4 is 37.8 Å². The molecule has 1 fully saturated rings. The van der Waals surface area contributed by atoms with E-state index in [2.05, 4.69) is 0 Å². The Balaban J connectivity index is -0.000000109. The van der Waals surface area contributed by atoms with E-state index >= 15 is 0 Å². The van der Waals surface area contributed by atoms with E-state index in [0.717, 1.165) is 5.57 Å². The van der Waals surface area contributed by atoms with Crippen molar-refractivity contribution in [2.75, 3.05) is 7.05 Å². The summed E-state index contributed by atoms with van der Waals surface area (Å²) in [7, 11) is -10.6. The fourth-order valence-electron chi connectivity index (χ4n) is 3.14. The average Bonchev–Trinajstić information content (AvgIpc) is 2.84. The first-order valence-electron chi connectivity index (χ1n) is 8.36. The van der Waals surface area contributed by atoms with Crippen molar-refractivity contribution in [1.29, 1.82) is 0 Å². The van der Waals surface area contributed by atoms with Crippen molar-refractivity contribution in [3.05, 3.63) is 23.8 Å². The molecule has 0 radical (unpaired) electrons. The molecule has 0 aromatic rings. The van der Waals surface area contributed by atoms with Gasteiger partial charge in [0.2, 0.25) is 11.8 Å². The van der Waals surface area contributed by atoms with Gasteiger partial charge in [0.1, 0.15) is 0 Å². The summed E-state index contributed by atoms with van der Waals surface area (Å²) in [6.45, 7) is 0. The van der Waals surface area contributed by atoms with Crippen molar-refractivity contribution < 1.29 is 86.5 Å². The van der Waals surface area contributed by atoms with E-state index in [-0.39, 0.29) is 85.9 Å². The Labute approximate surface area is 232 Å². The molecule has 0 bridgehead atoms. The van der Waals surface area contributed by atoms with Gasteiger partial charge in [-0.3, -0.25) is 19.3 Å². The Morgan fingerprint density at radius 2 is 1.13 bits per heavy atom. The van der Waals surface area contributed by atoms with Crippen LogP contribution in [0.3, 0.4) is 0 Å². The van der Waals surface area contributed by atoms with E-state index in [1.165, 1.54) is 11.9 Å². The molecule has 3 rings (SSSR count). The maximum absolute atomic E-state index is 12.1. The Kier molecular flexibility index (Phi) is 21.9. The van der Waals surface area contributed by atoms with Crippen LogP contribution in [-0.4, -0.2) is 66.5 Å². The number of carbonyl (C=O) groups is 3. The first kappa shape index (κ1) is 50.0. The number of likely N-dealkylation sites (tertiary alicyclic amines) is 1. The third-order valence-corrected chi connectivity index (χ3v) is 5.75. The van der Waals surface area contributed by atoms with Crippen LogP contribution in [-0.2, 0) is 54.4 Å². The number of fused-ring (bicyclic) bond motifs is 3. The van der Waals surface area contributed by atoms with Crippen molar-refractivity contribution in [3.8, 4) is 0 Å². The summed E-state index contributed by atoms with van der Waals surface area (Å²) in [6.07, 6.45) is 6.33. The third-order valence-electron chi connectivity index (χ3n) is 4.62. The van der Waals surface area contributed by atoms with Crippen LogP contribution in [0.5, 0.6) is 0 Å². The summed E-state index contributed by atoms with van der Waals surface area (Å²) in [4.78, 5) is 36.6. The van der Waals surface area contributed by atoms with Gasteiger partial charge in [-0.1, -0.05) is 12.2 Å². The van der Waals surface area contributed by atoms with Crippen molar-refractivity contribution in [2.24, 2.45) is 17.8 Å². The molecule has 2 aliphatic carbocycles. The van der Waals surface area contributed by atoms with E-state index in [1.54, 1.807) is 12.2 Å². The number of rotatable bonds is 0. The molecule has 39 heavy (non-hydrogen) atoms. The predicted molar refractivity (Wildman–Crippen MR) is 116 cm³/mol.